The lowest BCUT2D eigenvalue weighted by atomic mass is 9.79. The van der Waals surface area contributed by atoms with Gasteiger partial charge in [-0.2, -0.15) is 5.10 Å². The van der Waals surface area contributed by atoms with E-state index in [1.54, 1.807) is 70.2 Å². The number of rotatable bonds is 12. The standard InChI is InChI=1S/C28H28FN7O3.C15H15BFNO4/c1-3-23(37)35-12-6-7-19(15-35)36-27-24(26(30)32-16-33-27)25(34-36)17-10-11-21(29)18(13-17)14-31-28(38)20-8-4-5-9-22(20)39-2;1-22-14-5-3-2-4-12(14)15(19)18-9-10-8-11(16(20)21)6-7-13(10)17/h3-5,8-11,13,16,19H,1,6-7,12,14-15H2,2H3,(H,31,38)(H2,30,32,33);2-8,20-21H,9H2,1H3,(H,18,19)/t19-;/m1./s1. The first-order valence-corrected chi connectivity index (χ1v) is 19.1. The van der Waals surface area contributed by atoms with Gasteiger partial charge in [0, 0.05) is 42.9 Å². The molecule has 3 amide bonds. The summed E-state index contributed by atoms with van der Waals surface area (Å²) in [5.41, 5.74) is 9.16. The Morgan fingerprint density at radius 2 is 1.48 bits per heavy atom. The number of nitrogen functional groups attached to an aromatic ring is 1. The summed E-state index contributed by atoms with van der Waals surface area (Å²) in [6.45, 7) is 4.56. The van der Waals surface area contributed by atoms with Gasteiger partial charge in [0.05, 0.1) is 36.8 Å². The number of benzene rings is 4. The van der Waals surface area contributed by atoms with Gasteiger partial charge in [0.25, 0.3) is 11.8 Å². The van der Waals surface area contributed by atoms with Crippen LogP contribution in [0.25, 0.3) is 22.3 Å². The molecule has 61 heavy (non-hydrogen) atoms. The molecule has 15 nitrogen and oxygen atoms in total. The van der Waals surface area contributed by atoms with Gasteiger partial charge in [-0.3, -0.25) is 14.4 Å². The van der Waals surface area contributed by atoms with Crippen molar-refractivity contribution in [3.05, 3.63) is 138 Å². The fourth-order valence-electron chi connectivity index (χ4n) is 6.89. The van der Waals surface area contributed by atoms with E-state index in [1.807, 2.05) is 0 Å². The van der Waals surface area contributed by atoms with Crippen molar-refractivity contribution in [2.75, 3.05) is 33.0 Å². The number of nitrogens with two attached hydrogens (primary N) is 1. The topological polar surface area (TPSA) is 207 Å². The Labute approximate surface area is 350 Å². The number of nitrogens with one attached hydrogen (secondary N) is 2. The number of piperidine rings is 1. The van der Waals surface area contributed by atoms with Crippen molar-refractivity contribution in [1.29, 1.82) is 0 Å². The third-order valence-corrected chi connectivity index (χ3v) is 10.0. The highest BCUT2D eigenvalue weighted by molar-refractivity contribution is 6.58. The molecular weight excluding hydrogens is 789 g/mol. The summed E-state index contributed by atoms with van der Waals surface area (Å²) < 4.78 is 40.6. The molecule has 0 bridgehead atoms. The van der Waals surface area contributed by atoms with Crippen LogP contribution in [-0.2, 0) is 17.9 Å². The van der Waals surface area contributed by atoms with Crippen molar-refractivity contribution < 1.29 is 42.7 Å². The molecule has 0 unspecified atom stereocenters. The lowest BCUT2D eigenvalue weighted by molar-refractivity contribution is -0.127. The third-order valence-electron chi connectivity index (χ3n) is 10.0. The van der Waals surface area contributed by atoms with E-state index in [9.17, 15) is 23.2 Å². The zero-order valence-electron chi connectivity index (χ0n) is 33.3. The molecule has 0 spiro atoms. The number of hydrogen-bond donors (Lipinski definition) is 5. The van der Waals surface area contributed by atoms with Crippen LogP contribution < -0.4 is 31.3 Å². The quantitative estimate of drug-likeness (QED) is 0.0882. The van der Waals surface area contributed by atoms with Crippen LogP contribution in [0.5, 0.6) is 11.5 Å². The van der Waals surface area contributed by atoms with Crippen LogP contribution in [0.15, 0.2) is 104 Å². The monoisotopic (exact) mass is 832 g/mol. The smallest absolute Gasteiger partial charge is 0.488 e. The number of carbonyl (C=O) groups is 3. The molecule has 2 aromatic heterocycles. The molecule has 1 saturated heterocycles. The summed E-state index contributed by atoms with van der Waals surface area (Å²) >= 11 is 0. The van der Waals surface area contributed by atoms with Crippen molar-refractivity contribution in [3.63, 3.8) is 0 Å². The number of halogens is 2. The second-order valence-electron chi connectivity index (χ2n) is 13.8. The highest BCUT2D eigenvalue weighted by Crippen LogP contribution is 2.34. The number of likely N-dealkylation sites (tertiary alicyclic amines) is 1. The van der Waals surface area contributed by atoms with Gasteiger partial charge in [0.2, 0.25) is 5.91 Å². The number of ether oxygens (including phenoxy) is 2. The van der Waals surface area contributed by atoms with E-state index in [0.29, 0.717) is 58.0 Å². The Hall–Kier alpha value is -7.18. The molecule has 0 saturated carbocycles. The number of para-hydroxylation sites is 2. The number of methoxy groups -OCH3 is 2. The number of amides is 3. The maximum atomic E-state index is 14.8. The van der Waals surface area contributed by atoms with Crippen LogP contribution in [0.2, 0.25) is 0 Å². The van der Waals surface area contributed by atoms with Crippen molar-refractivity contribution in [2.45, 2.75) is 32.0 Å². The number of aromatic nitrogens is 4. The summed E-state index contributed by atoms with van der Waals surface area (Å²) in [4.78, 5) is 47.5. The van der Waals surface area contributed by atoms with Crippen molar-refractivity contribution in [2.24, 2.45) is 0 Å². The zero-order chi connectivity index (χ0) is 43.6. The summed E-state index contributed by atoms with van der Waals surface area (Å²) in [5.74, 6) is -0.863. The molecule has 6 N–H and O–H groups in total. The largest absolute Gasteiger partial charge is 0.496 e. The minimum atomic E-state index is -1.69. The average Bonchev–Trinajstić information content (AvgIpc) is 3.69. The molecule has 314 valence electrons. The van der Waals surface area contributed by atoms with Gasteiger partial charge in [-0.05, 0) is 72.9 Å². The molecule has 1 fully saturated rings. The maximum absolute atomic E-state index is 14.8. The molecule has 0 radical (unpaired) electrons. The van der Waals surface area contributed by atoms with Gasteiger partial charge in [-0.15, -0.1) is 0 Å². The second kappa shape index (κ2) is 19.7. The van der Waals surface area contributed by atoms with Gasteiger partial charge in [0.1, 0.15) is 41.0 Å². The third kappa shape index (κ3) is 10.00. The van der Waals surface area contributed by atoms with Crippen LogP contribution in [0.3, 0.4) is 0 Å². The van der Waals surface area contributed by atoms with E-state index in [0.717, 1.165) is 18.9 Å². The molecule has 7 rings (SSSR count). The molecular formula is C43H43BF2N8O7. The first-order chi connectivity index (χ1) is 29.4. The Morgan fingerprint density at radius 1 is 0.885 bits per heavy atom. The van der Waals surface area contributed by atoms with E-state index < -0.39 is 24.7 Å². The zero-order valence-corrected chi connectivity index (χ0v) is 33.3. The lowest BCUT2D eigenvalue weighted by Crippen LogP contribution is -2.40. The molecule has 6 aromatic rings. The van der Waals surface area contributed by atoms with Gasteiger partial charge in [-0.25, -0.2) is 23.4 Å². The van der Waals surface area contributed by atoms with E-state index in [4.69, 9.17) is 30.4 Å². The molecule has 1 atom stereocenters. The van der Waals surface area contributed by atoms with Crippen LogP contribution in [0, 0.1) is 11.6 Å². The van der Waals surface area contributed by atoms with Gasteiger partial charge in [-0.1, -0.05) is 43.0 Å². The summed E-state index contributed by atoms with van der Waals surface area (Å²) in [5, 5.41) is 28.9. The van der Waals surface area contributed by atoms with E-state index in [1.165, 1.54) is 44.8 Å². The fraction of sp³-hybridized carbons (Fsp3) is 0.209. The molecule has 18 heteroatoms. The Kier molecular flexibility index (Phi) is 14.0. The molecule has 4 aromatic carbocycles. The van der Waals surface area contributed by atoms with Crippen molar-refractivity contribution in [3.8, 4) is 22.8 Å². The van der Waals surface area contributed by atoms with Gasteiger partial charge >= 0.3 is 7.12 Å². The first-order valence-electron chi connectivity index (χ1n) is 19.1. The minimum Gasteiger partial charge on any atom is -0.496 e. The Bertz CT molecular complexity index is 2570. The number of nitrogens with zero attached hydrogens (tertiary/aromatic N) is 5. The summed E-state index contributed by atoms with van der Waals surface area (Å²) in [6, 6.07) is 21.6. The number of fused-ring (bicyclic) bond motifs is 1. The summed E-state index contributed by atoms with van der Waals surface area (Å²) in [7, 11) is 1.25. The minimum absolute atomic E-state index is 0.0531. The molecule has 0 aliphatic carbocycles. The predicted molar refractivity (Wildman–Crippen MR) is 225 cm³/mol. The number of hydrogen-bond acceptors (Lipinski definition) is 11. The number of anilines is 1. The second-order valence-corrected chi connectivity index (χ2v) is 13.8. The molecule has 1 aliphatic heterocycles. The van der Waals surface area contributed by atoms with Gasteiger partial charge < -0.3 is 40.8 Å². The van der Waals surface area contributed by atoms with E-state index in [-0.39, 0.29) is 53.4 Å². The highest BCUT2D eigenvalue weighted by atomic mass is 19.1. The van der Waals surface area contributed by atoms with E-state index in [2.05, 4.69) is 27.2 Å². The predicted octanol–water partition coefficient (Wildman–Crippen LogP) is 3.95. The average molecular weight is 833 g/mol. The SMILES string of the molecule is C=CC(=O)N1CCC[C@@H](n2nc(-c3ccc(F)c(CNC(=O)c4ccccc4OC)c3)c3c(N)ncnc32)C1.COc1ccccc1C(=O)NCc1cc(B(O)O)ccc1F. The fourth-order valence-corrected chi connectivity index (χ4v) is 6.89. The van der Waals surface area contributed by atoms with Gasteiger partial charge in [0.15, 0.2) is 5.65 Å². The van der Waals surface area contributed by atoms with Crippen LogP contribution in [0.4, 0.5) is 14.6 Å². The number of carbonyl (C=O) groups excluding carboxylic acids is 3. The van der Waals surface area contributed by atoms with E-state index >= 15 is 0 Å². The molecule has 1 aliphatic rings. The van der Waals surface area contributed by atoms with Crippen LogP contribution in [-0.4, -0.2) is 86.8 Å². The maximum Gasteiger partial charge on any atom is 0.488 e. The van der Waals surface area contributed by atoms with Crippen molar-refractivity contribution >= 4 is 47.2 Å². The summed E-state index contributed by atoms with van der Waals surface area (Å²) in [6.07, 6.45) is 4.28. The van der Waals surface area contributed by atoms with Crippen LogP contribution in [0.1, 0.15) is 50.7 Å². The lowest BCUT2D eigenvalue weighted by Gasteiger charge is -2.32. The Balaban J connectivity index is 0.000000240. The molecule has 3 heterocycles. The normalized spacial score (nSPS) is 13.4. The first kappa shape index (κ1) is 43.4. The Morgan fingerprint density at radius 3 is 2.07 bits per heavy atom. The van der Waals surface area contributed by atoms with Crippen LogP contribution >= 0.6 is 0 Å². The highest BCUT2D eigenvalue weighted by Gasteiger charge is 2.28. The van der Waals surface area contributed by atoms with Crippen molar-refractivity contribution in [1.82, 2.24) is 35.3 Å².